The zero-order valence-corrected chi connectivity index (χ0v) is 13.2. The highest BCUT2D eigenvalue weighted by atomic mass is 32.2. The van der Waals surface area contributed by atoms with Gasteiger partial charge < -0.3 is 15.1 Å². The third-order valence-electron chi connectivity index (χ3n) is 2.51. The molecule has 0 aliphatic rings. The molecule has 2 N–H and O–H groups in total. The molecule has 0 radical (unpaired) electrons. The van der Waals surface area contributed by atoms with Gasteiger partial charge in [-0.1, -0.05) is 20.8 Å². The van der Waals surface area contributed by atoms with Crippen LogP contribution in [0.25, 0.3) is 0 Å². The van der Waals surface area contributed by atoms with Crippen LogP contribution >= 0.6 is 11.8 Å². The summed E-state index contributed by atoms with van der Waals surface area (Å²) in [5, 5.41) is 5.68. The number of hydrogen-bond acceptors (Lipinski definition) is 3. The molecular weight excluding hydrogens is 260 g/mol. The molecule has 0 fully saturated rings. The average Bonchev–Trinajstić information content (AvgIpc) is 2.59. The molecule has 1 heterocycles. The number of carbonyl (C=O) groups is 1. The molecule has 0 bridgehead atoms. The van der Waals surface area contributed by atoms with E-state index in [1.165, 1.54) is 0 Å². The number of urea groups is 1. The van der Waals surface area contributed by atoms with Gasteiger partial charge in [-0.25, -0.2) is 4.79 Å². The molecule has 0 saturated carbocycles. The summed E-state index contributed by atoms with van der Waals surface area (Å²) < 4.78 is 5.65. The highest BCUT2D eigenvalue weighted by molar-refractivity contribution is 8.00. The van der Waals surface area contributed by atoms with Crippen molar-refractivity contribution in [2.24, 2.45) is 0 Å². The van der Waals surface area contributed by atoms with Crippen LogP contribution < -0.4 is 10.6 Å². The Morgan fingerprint density at radius 1 is 1.32 bits per heavy atom. The molecule has 19 heavy (non-hydrogen) atoms. The van der Waals surface area contributed by atoms with Gasteiger partial charge in [0.15, 0.2) is 0 Å². The minimum absolute atomic E-state index is 0.132. The number of furan rings is 1. The fourth-order valence-corrected chi connectivity index (χ4v) is 2.44. The van der Waals surface area contributed by atoms with Crippen LogP contribution in [0.4, 0.5) is 4.79 Å². The summed E-state index contributed by atoms with van der Waals surface area (Å²) in [6.07, 6.45) is 0. The van der Waals surface area contributed by atoms with Crippen molar-refractivity contribution in [3.8, 4) is 0 Å². The van der Waals surface area contributed by atoms with Crippen molar-refractivity contribution >= 4 is 17.8 Å². The number of nitrogens with one attached hydrogen (secondary N) is 2. The maximum absolute atomic E-state index is 11.6. The Labute approximate surface area is 119 Å². The van der Waals surface area contributed by atoms with E-state index in [0.29, 0.717) is 13.1 Å². The maximum Gasteiger partial charge on any atom is 0.315 e. The van der Waals surface area contributed by atoms with E-state index in [4.69, 9.17) is 4.42 Å². The van der Waals surface area contributed by atoms with E-state index in [1.54, 1.807) is 0 Å². The summed E-state index contributed by atoms with van der Waals surface area (Å²) in [6.45, 7) is 11.5. The minimum Gasteiger partial charge on any atom is -0.466 e. The third-order valence-corrected chi connectivity index (χ3v) is 3.78. The van der Waals surface area contributed by atoms with Crippen LogP contribution in [0.1, 0.15) is 37.9 Å². The van der Waals surface area contributed by atoms with Gasteiger partial charge in [-0.3, -0.25) is 0 Å². The van der Waals surface area contributed by atoms with Crippen molar-refractivity contribution in [1.29, 1.82) is 0 Å². The van der Waals surface area contributed by atoms with Gasteiger partial charge in [-0.2, -0.15) is 11.8 Å². The van der Waals surface area contributed by atoms with Crippen LogP contribution in [0.5, 0.6) is 0 Å². The number of rotatable bonds is 5. The lowest BCUT2D eigenvalue weighted by atomic mass is 10.2. The molecule has 0 unspecified atom stereocenters. The molecule has 0 aromatic carbocycles. The van der Waals surface area contributed by atoms with Crippen LogP contribution in [-0.4, -0.2) is 23.1 Å². The number of hydrogen-bond donors (Lipinski definition) is 2. The first-order valence-corrected chi connectivity index (χ1v) is 7.48. The first-order chi connectivity index (χ1) is 8.78. The van der Waals surface area contributed by atoms with Gasteiger partial charge in [-0.15, -0.1) is 0 Å². The molecule has 108 valence electrons. The number of amides is 2. The van der Waals surface area contributed by atoms with E-state index in [-0.39, 0.29) is 10.8 Å². The molecule has 0 atom stereocenters. The zero-order chi connectivity index (χ0) is 14.5. The molecule has 0 spiro atoms. The van der Waals surface area contributed by atoms with E-state index < -0.39 is 0 Å². The Kier molecular flexibility index (Phi) is 5.79. The summed E-state index contributed by atoms with van der Waals surface area (Å²) in [5.74, 6) is 2.65. The Hall–Kier alpha value is -1.10. The summed E-state index contributed by atoms with van der Waals surface area (Å²) in [6, 6.07) is 1.82. The van der Waals surface area contributed by atoms with Crippen molar-refractivity contribution in [1.82, 2.24) is 10.6 Å². The standard InChI is InChI=1S/C14H24N2O2S/c1-10-8-12(11(2)18-10)9-16-13(17)15-6-7-19-14(3,4)5/h8H,6-7,9H2,1-5H3,(H2,15,16,17). The topological polar surface area (TPSA) is 54.3 Å². The lowest BCUT2D eigenvalue weighted by Gasteiger charge is -2.17. The minimum atomic E-state index is -0.132. The van der Waals surface area contributed by atoms with Gasteiger partial charge in [0, 0.05) is 29.2 Å². The number of thioether (sulfide) groups is 1. The molecule has 4 nitrogen and oxygen atoms in total. The molecular formula is C14H24N2O2S. The summed E-state index contributed by atoms with van der Waals surface area (Å²) in [5.41, 5.74) is 1.02. The average molecular weight is 284 g/mol. The highest BCUT2D eigenvalue weighted by Gasteiger charge is 2.10. The van der Waals surface area contributed by atoms with Crippen molar-refractivity contribution in [2.45, 2.75) is 45.9 Å². The first kappa shape index (κ1) is 16.0. The molecule has 5 heteroatoms. The third kappa shape index (κ3) is 6.57. The SMILES string of the molecule is Cc1cc(CNC(=O)NCCSC(C)(C)C)c(C)o1. The van der Waals surface area contributed by atoms with Crippen LogP contribution in [0, 0.1) is 13.8 Å². The van der Waals surface area contributed by atoms with Crippen LogP contribution in [-0.2, 0) is 6.54 Å². The quantitative estimate of drug-likeness (QED) is 0.816. The maximum atomic E-state index is 11.6. The van der Waals surface area contributed by atoms with Crippen LogP contribution in [0.2, 0.25) is 0 Å². The van der Waals surface area contributed by atoms with Crippen molar-refractivity contribution in [3.05, 3.63) is 23.2 Å². The highest BCUT2D eigenvalue weighted by Crippen LogP contribution is 2.21. The van der Waals surface area contributed by atoms with Gasteiger partial charge in [0.1, 0.15) is 11.5 Å². The molecule has 0 aliphatic carbocycles. The molecule has 1 aromatic rings. The predicted molar refractivity (Wildman–Crippen MR) is 80.6 cm³/mol. The van der Waals surface area contributed by atoms with Crippen molar-refractivity contribution in [2.75, 3.05) is 12.3 Å². The summed E-state index contributed by atoms with van der Waals surface area (Å²) in [4.78, 5) is 11.6. The van der Waals surface area contributed by atoms with Gasteiger partial charge in [0.25, 0.3) is 0 Å². The van der Waals surface area contributed by atoms with E-state index in [0.717, 1.165) is 22.8 Å². The van der Waals surface area contributed by atoms with Crippen molar-refractivity contribution < 1.29 is 9.21 Å². The Bertz CT molecular complexity index is 422. The molecule has 0 aliphatic heterocycles. The normalized spacial score (nSPS) is 11.4. The van der Waals surface area contributed by atoms with Gasteiger partial charge in [0.05, 0.1) is 0 Å². The molecule has 1 rings (SSSR count). The second-order valence-corrected chi connectivity index (χ2v) is 7.43. The van der Waals surface area contributed by atoms with Gasteiger partial charge in [-0.05, 0) is 19.9 Å². The lowest BCUT2D eigenvalue weighted by Crippen LogP contribution is -2.36. The van der Waals surface area contributed by atoms with Crippen molar-refractivity contribution in [3.63, 3.8) is 0 Å². The van der Waals surface area contributed by atoms with Gasteiger partial charge >= 0.3 is 6.03 Å². The Balaban J connectivity index is 2.20. The Morgan fingerprint density at radius 3 is 2.53 bits per heavy atom. The second-order valence-electron chi connectivity index (χ2n) is 5.51. The fourth-order valence-electron chi connectivity index (χ4n) is 1.62. The largest absolute Gasteiger partial charge is 0.466 e. The summed E-state index contributed by atoms with van der Waals surface area (Å²) in [7, 11) is 0. The second kappa shape index (κ2) is 6.89. The first-order valence-electron chi connectivity index (χ1n) is 6.49. The summed E-state index contributed by atoms with van der Waals surface area (Å²) >= 11 is 1.84. The molecule has 0 saturated heterocycles. The van der Waals surface area contributed by atoms with Crippen LogP contribution in [0.15, 0.2) is 10.5 Å². The van der Waals surface area contributed by atoms with E-state index in [2.05, 4.69) is 31.4 Å². The van der Waals surface area contributed by atoms with E-state index >= 15 is 0 Å². The van der Waals surface area contributed by atoms with E-state index in [1.807, 2.05) is 31.7 Å². The molecule has 1 aromatic heterocycles. The van der Waals surface area contributed by atoms with Gasteiger partial charge in [0.2, 0.25) is 0 Å². The fraction of sp³-hybridized carbons (Fsp3) is 0.643. The smallest absolute Gasteiger partial charge is 0.315 e. The predicted octanol–water partition coefficient (Wildman–Crippen LogP) is 3.23. The van der Waals surface area contributed by atoms with E-state index in [9.17, 15) is 4.79 Å². The molecule has 2 amide bonds. The lowest BCUT2D eigenvalue weighted by molar-refractivity contribution is 0.241. The zero-order valence-electron chi connectivity index (χ0n) is 12.4. The Morgan fingerprint density at radius 2 is 2.00 bits per heavy atom. The van der Waals surface area contributed by atoms with Crippen LogP contribution in [0.3, 0.4) is 0 Å². The number of aryl methyl sites for hydroxylation is 2. The monoisotopic (exact) mass is 284 g/mol. The number of carbonyl (C=O) groups excluding carboxylic acids is 1.